The Kier molecular flexibility index (Phi) is 7.94. The molecule has 2 N–H and O–H groups in total. The fourth-order valence-electron chi connectivity index (χ4n) is 7.66. The van der Waals surface area contributed by atoms with E-state index in [0.29, 0.717) is 65.4 Å². The van der Waals surface area contributed by atoms with Gasteiger partial charge in [0.2, 0.25) is 17.7 Å². The number of aromatic nitrogens is 1. The monoisotopic (exact) mass is 603 g/mol. The normalized spacial score (nSPS) is 26.0. The zero-order valence-corrected chi connectivity index (χ0v) is 25.3. The second kappa shape index (κ2) is 12.0. The molecule has 7 rings (SSSR count). The van der Waals surface area contributed by atoms with Gasteiger partial charge in [-0.05, 0) is 43.5 Å². The second-order valence-electron chi connectivity index (χ2n) is 12.5. The standard InChI is InChI=1S/C33H41N5O6/c1-33-26(32(41)37-12-17-43-18-13-37)19-23(21-29(39)34-7-9-36-10-15-42-16-11-36)31(40)38(33)8-6-25-24-5-4-22(28-3-2-14-44-28)20-27(24)35-30(25)33/h2-5,14,20,23,26,35H,6-13,15-19,21H2,1H3,(H,34,39)/t23-,26-,33+/m1/s1. The van der Waals surface area contributed by atoms with Crippen molar-refractivity contribution in [1.29, 1.82) is 0 Å². The largest absolute Gasteiger partial charge is 0.464 e. The zero-order chi connectivity index (χ0) is 30.3. The minimum atomic E-state index is -0.868. The first-order chi connectivity index (χ1) is 21.4. The Hall–Kier alpha value is -3.67. The highest BCUT2D eigenvalue weighted by Gasteiger charge is 2.57. The molecule has 3 fully saturated rings. The Morgan fingerprint density at radius 3 is 2.57 bits per heavy atom. The van der Waals surface area contributed by atoms with Gasteiger partial charge in [0.25, 0.3) is 0 Å². The number of hydrogen-bond acceptors (Lipinski definition) is 7. The minimum Gasteiger partial charge on any atom is -0.464 e. The average Bonchev–Trinajstić information content (AvgIpc) is 3.72. The van der Waals surface area contributed by atoms with Crippen molar-refractivity contribution in [3.63, 3.8) is 0 Å². The van der Waals surface area contributed by atoms with E-state index in [1.54, 1.807) is 6.26 Å². The summed E-state index contributed by atoms with van der Waals surface area (Å²) in [6.45, 7) is 8.99. The third-order valence-corrected chi connectivity index (χ3v) is 10.1. The van der Waals surface area contributed by atoms with Gasteiger partial charge in [0.15, 0.2) is 0 Å². The highest BCUT2D eigenvalue weighted by atomic mass is 16.5. The minimum absolute atomic E-state index is 0.0220. The van der Waals surface area contributed by atoms with Crippen molar-refractivity contribution >= 4 is 28.6 Å². The number of morpholine rings is 2. The van der Waals surface area contributed by atoms with Crippen LogP contribution in [0.5, 0.6) is 0 Å². The van der Waals surface area contributed by atoms with Crippen LogP contribution < -0.4 is 5.32 Å². The van der Waals surface area contributed by atoms with Gasteiger partial charge in [0.05, 0.1) is 44.1 Å². The van der Waals surface area contributed by atoms with Gasteiger partial charge in [0.1, 0.15) is 5.76 Å². The molecule has 11 heteroatoms. The molecule has 3 atom stereocenters. The molecule has 3 amide bonds. The van der Waals surface area contributed by atoms with Crippen LogP contribution in [0, 0.1) is 11.8 Å². The molecular formula is C33H41N5O6. The summed E-state index contributed by atoms with van der Waals surface area (Å²) in [5.74, 6) is -0.451. The number of furan rings is 1. The van der Waals surface area contributed by atoms with Gasteiger partial charge in [-0.2, -0.15) is 0 Å². The molecule has 6 heterocycles. The smallest absolute Gasteiger partial charge is 0.228 e. The van der Waals surface area contributed by atoms with Crippen LogP contribution in [0.3, 0.4) is 0 Å². The van der Waals surface area contributed by atoms with E-state index in [9.17, 15) is 14.4 Å². The summed E-state index contributed by atoms with van der Waals surface area (Å²) in [4.78, 5) is 51.3. The Balaban J connectivity index is 1.17. The quantitative estimate of drug-likeness (QED) is 0.426. The number of rotatable bonds is 7. The van der Waals surface area contributed by atoms with E-state index in [2.05, 4.69) is 33.4 Å². The van der Waals surface area contributed by atoms with E-state index in [-0.39, 0.29) is 24.1 Å². The van der Waals surface area contributed by atoms with Gasteiger partial charge < -0.3 is 34.0 Å². The Labute approximate surface area is 256 Å². The highest BCUT2D eigenvalue weighted by molar-refractivity contribution is 5.93. The summed E-state index contributed by atoms with van der Waals surface area (Å²) >= 11 is 0. The molecule has 1 aromatic carbocycles. The molecule has 0 saturated carbocycles. The first-order valence-corrected chi connectivity index (χ1v) is 15.9. The van der Waals surface area contributed by atoms with E-state index >= 15 is 0 Å². The van der Waals surface area contributed by atoms with E-state index in [4.69, 9.17) is 13.9 Å². The van der Waals surface area contributed by atoms with Gasteiger partial charge in [0, 0.05) is 80.3 Å². The summed E-state index contributed by atoms with van der Waals surface area (Å²) in [5, 5.41) is 4.12. The van der Waals surface area contributed by atoms with Crippen molar-refractivity contribution in [3.05, 3.63) is 47.9 Å². The molecule has 0 bridgehead atoms. The molecule has 2 aromatic heterocycles. The van der Waals surface area contributed by atoms with Crippen LogP contribution in [0.25, 0.3) is 22.2 Å². The van der Waals surface area contributed by atoms with E-state index < -0.39 is 17.4 Å². The van der Waals surface area contributed by atoms with Crippen LogP contribution in [-0.4, -0.2) is 110 Å². The number of H-pyrrole nitrogens is 1. The number of hydrogen-bond donors (Lipinski definition) is 2. The fraction of sp³-hybridized carbons (Fsp3) is 0.545. The molecule has 3 saturated heterocycles. The third-order valence-electron chi connectivity index (χ3n) is 10.1. The predicted molar refractivity (Wildman–Crippen MR) is 163 cm³/mol. The predicted octanol–water partition coefficient (Wildman–Crippen LogP) is 2.36. The molecule has 4 aliphatic heterocycles. The number of amides is 3. The van der Waals surface area contributed by atoms with Gasteiger partial charge in [-0.15, -0.1) is 0 Å². The van der Waals surface area contributed by atoms with Crippen molar-refractivity contribution in [1.82, 2.24) is 25.0 Å². The zero-order valence-electron chi connectivity index (χ0n) is 25.3. The summed E-state index contributed by atoms with van der Waals surface area (Å²) in [6.07, 6.45) is 2.74. The number of piperidine rings is 1. The molecule has 4 aliphatic rings. The average molecular weight is 604 g/mol. The lowest BCUT2D eigenvalue weighted by Crippen LogP contribution is -2.65. The number of benzene rings is 1. The van der Waals surface area contributed by atoms with Crippen molar-refractivity contribution in [2.24, 2.45) is 11.8 Å². The number of fused-ring (bicyclic) bond motifs is 5. The summed E-state index contributed by atoms with van der Waals surface area (Å²) in [5.41, 5.74) is 3.12. The van der Waals surface area contributed by atoms with Crippen LogP contribution >= 0.6 is 0 Å². The van der Waals surface area contributed by atoms with Crippen molar-refractivity contribution in [2.75, 3.05) is 72.2 Å². The molecule has 0 spiro atoms. The Bertz CT molecular complexity index is 1520. The number of aromatic amines is 1. The summed E-state index contributed by atoms with van der Waals surface area (Å²) in [6, 6.07) is 10.0. The molecular weight excluding hydrogens is 562 g/mol. The lowest BCUT2D eigenvalue weighted by atomic mass is 9.67. The number of carbonyl (C=O) groups is 3. The van der Waals surface area contributed by atoms with Gasteiger partial charge >= 0.3 is 0 Å². The first-order valence-electron chi connectivity index (χ1n) is 15.9. The van der Waals surface area contributed by atoms with Crippen LogP contribution in [0.15, 0.2) is 41.0 Å². The molecule has 0 aliphatic carbocycles. The molecule has 44 heavy (non-hydrogen) atoms. The van der Waals surface area contributed by atoms with E-state index in [1.165, 1.54) is 0 Å². The Morgan fingerprint density at radius 2 is 1.82 bits per heavy atom. The van der Waals surface area contributed by atoms with Crippen LogP contribution in [0.1, 0.15) is 31.0 Å². The Morgan fingerprint density at radius 1 is 1.05 bits per heavy atom. The number of nitrogens with zero attached hydrogens (tertiary/aromatic N) is 3. The topological polar surface area (TPSA) is 120 Å². The van der Waals surface area contributed by atoms with Crippen LogP contribution in [0.4, 0.5) is 0 Å². The maximum atomic E-state index is 14.3. The van der Waals surface area contributed by atoms with Crippen molar-refractivity contribution < 1.29 is 28.3 Å². The van der Waals surface area contributed by atoms with Gasteiger partial charge in [-0.3, -0.25) is 19.3 Å². The number of nitrogens with one attached hydrogen (secondary N) is 2. The lowest BCUT2D eigenvalue weighted by molar-refractivity contribution is -0.166. The van der Waals surface area contributed by atoms with Gasteiger partial charge in [-0.1, -0.05) is 12.1 Å². The van der Waals surface area contributed by atoms with Crippen molar-refractivity contribution in [2.45, 2.75) is 31.7 Å². The maximum absolute atomic E-state index is 14.3. The maximum Gasteiger partial charge on any atom is 0.228 e. The van der Waals surface area contributed by atoms with Crippen LogP contribution in [0.2, 0.25) is 0 Å². The SMILES string of the molecule is C[C@]12c3[nH]c4cc(-c5ccco5)ccc4c3CCN1C(=O)[C@@H](CC(=O)NCCN1CCOCC1)C[C@@H]2C(=O)N1CCOCC1. The molecule has 0 unspecified atom stereocenters. The molecule has 234 valence electrons. The van der Waals surface area contributed by atoms with Gasteiger partial charge in [-0.25, -0.2) is 0 Å². The molecule has 3 aromatic rings. The number of carbonyl (C=O) groups excluding carboxylic acids is 3. The second-order valence-corrected chi connectivity index (χ2v) is 12.5. The molecule has 11 nitrogen and oxygen atoms in total. The van der Waals surface area contributed by atoms with E-state index in [1.807, 2.05) is 28.9 Å². The highest BCUT2D eigenvalue weighted by Crippen LogP contribution is 2.50. The summed E-state index contributed by atoms with van der Waals surface area (Å²) in [7, 11) is 0. The molecule has 0 radical (unpaired) electrons. The lowest BCUT2D eigenvalue weighted by Gasteiger charge is -2.54. The first kappa shape index (κ1) is 29.1. The van der Waals surface area contributed by atoms with E-state index in [0.717, 1.165) is 53.1 Å². The number of ether oxygens (including phenoxy) is 2. The summed E-state index contributed by atoms with van der Waals surface area (Å²) < 4.78 is 16.6. The fourth-order valence-corrected chi connectivity index (χ4v) is 7.66. The van der Waals surface area contributed by atoms with Crippen molar-refractivity contribution in [3.8, 4) is 11.3 Å². The van der Waals surface area contributed by atoms with Crippen LogP contribution in [-0.2, 0) is 35.8 Å². The third kappa shape index (κ3) is 5.20.